The minimum absolute atomic E-state index is 0.328. The fraction of sp³-hybridized carbons (Fsp3) is 0.571. The van der Waals surface area contributed by atoms with Crippen LogP contribution in [0.2, 0.25) is 0 Å². The summed E-state index contributed by atoms with van der Waals surface area (Å²) in [5.41, 5.74) is 1.51. The summed E-state index contributed by atoms with van der Waals surface area (Å²) in [6.07, 6.45) is 0.827. The van der Waals surface area contributed by atoms with Gasteiger partial charge >= 0.3 is 0 Å². The van der Waals surface area contributed by atoms with E-state index in [0.717, 1.165) is 12.0 Å². The van der Waals surface area contributed by atoms with Crippen molar-refractivity contribution in [3.63, 3.8) is 0 Å². The third kappa shape index (κ3) is 4.21. The summed E-state index contributed by atoms with van der Waals surface area (Å²) >= 11 is 0. The standard InChI is InChI=1S/C14H23NO3S/c1-10(2)6-7-15-19(16,17)14-9-11(3)13(18-5)8-12(14)4/h8-10,15H,6-7H2,1-5H3. The Morgan fingerprint density at radius 1 is 1.21 bits per heavy atom. The van der Waals surface area contributed by atoms with E-state index in [1.807, 2.05) is 6.92 Å². The molecule has 4 nitrogen and oxygen atoms in total. The molecule has 0 aliphatic heterocycles. The Morgan fingerprint density at radius 2 is 1.84 bits per heavy atom. The van der Waals surface area contributed by atoms with Gasteiger partial charge in [0.05, 0.1) is 12.0 Å². The fourth-order valence-electron chi connectivity index (χ4n) is 1.83. The van der Waals surface area contributed by atoms with Crippen LogP contribution in [0, 0.1) is 19.8 Å². The molecule has 19 heavy (non-hydrogen) atoms. The largest absolute Gasteiger partial charge is 0.496 e. The molecule has 1 rings (SSSR count). The van der Waals surface area contributed by atoms with Crippen molar-refractivity contribution in [1.82, 2.24) is 4.72 Å². The van der Waals surface area contributed by atoms with E-state index in [1.165, 1.54) is 0 Å². The zero-order chi connectivity index (χ0) is 14.6. The molecule has 0 unspecified atom stereocenters. The Bertz CT molecular complexity index is 536. The van der Waals surface area contributed by atoms with Crippen LogP contribution in [0.25, 0.3) is 0 Å². The highest BCUT2D eigenvalue weighted by Crippen LogP contribution is 2.25. The van der Waals surface area contributed by atoms with E-state index in [1.54, 1.807) is 26.2 Å². The molecule has 0 saturated carbocycles. The van der Waals surface area contributed by atoms with Gasteiger partial charge in [0, 0.05) is 6.54 Å². The number of ether oxygens (including phenoxy) is 1. The van der Waals surface area contributed by atoms with Crippen LogP contribution >= 0.6 is 0 Å². The lowest BCUT2D eigenvalue weighted by atomic mass is 10.1. The molecular weight excluding hydrogens is 262 g/mol. The highest BCUT2D eigenvalue weighted by atomic mass is 32.2. The average Bonchev–Trinajstić information content (AvgIpc) is 2.30. The van der Waals surface area contributed by atoms with Gasteiger partial charge < -0.3 is 4.74 Å². The Kier molecular flexibility index (Phi) is 5.38. The molecule has 0 radical (unpaired) electrons. The molecule has 0 aromatic heterocycles. The first-order chi connectivity index (χ1) is 8.77. The van der Waals surface area contributed by atoms with E-state index in [-0.39, 0.29) is 0 Å². The second-order valence-corrected chi connectivity index (χ2v) is 6.90. The molecule has 0 atom stereocenters. The lowest BCUT2D eigenvalue weighted by molar-refractivity contribution is 0.411. The maximum atomic E-state index is 12.2. The summed E-state index contributed by atoms with van der Waals surface area (Å²) in [7, 11) is -1.86. The monoisotopic (exact) mass is 285 g/mol. The van der Waals surface area contributed by atoms with Crippen molar-refractivity contribution in [2.45, 2.75) is 39.0 Å². The van der Waals surface area contributed by atoms with Crippen LogP contribution in [-0.2, 0) is 10.0 Å². The normalized spacial score (nSPS) is 11.9. The molecule has 108 valence electrons. The van der Waals surface area contributed by atoms with Crippen molar-refractivity contribution < 1.29 is 13.2 Å². The summed E-state index contributed by atoms with van der Waals surface area (Å²) in [5.74, 6) is 1.18. The number of rotatable bonds is 6. The van der Waals surface area contributed by atoms with Gasteiger partial charge in [-0.15, -0.1) is 0 Å². The van der Waals surface area contributed by atoms with Gasteiger partial charge in [-0.05, 0) is 49.4 Å². The lowest BCUT2D eigenvalue weighted by Gasteiger charge is -2.13. The van der Waals surface area contributed by atoms with Crippen LogP contribution < -0.4 is 9.46 Å². The lowest BCUT2D eigenvalue weighted by Crippen LogP contribution is -2.26. The maximum Gasteiger partial charge on any atom is 0.240 e. The van der Waals surface area contributed by atoms with Crippen LogP contribution in [0.5, 0.6) is 5.75 Å². The highest BCUT2D eigenvalue weighted by Gasteiger charge is 2.18. The van der Waals surface area contributed by atoms with Crippen LogP contribution in [0.4, 0.5) is 0 Å². The van der Waals surface area contributed by atoms with Gasteiger partial charge in [0.25, 0.3) is 0 Å². The van der Waals surface area contributed by atoms with Gasteiger partial charge in [-0.3, -0.25) is 0 Å². The number of nitrogens with one attached hydrogen (secondary N) is 1. The number of hydrogen-bond acceptors (Lipinski definition) is 3. The summed E-state index contributed by atoms with van der Waals surface area (Å²) in [6.45, 7) is 8.21. The molecule has 1 N–H and O–H groups in total. The summed E-state index contributed by atoms with van der Waals surface area (Å²) < 4.78 is 32.3. The first-order valence-corrected chi connectivity index (χ1v) is 7.91. The van der Waals surface area contributed by atoms with E-state index >= 15 is 0 Å². The number of aryl methyl sites for hydroxylation is 2. The van der Waals surface area contributed by atoms with Gasteiger partial charge in [-0.1, -0.05) is 13.8 Å². The van der Waals surface area contributed by atoms with Crippen molar-refractivity contribution in [3.8, 4) is 5.75 Å². The Hall–Kier alpha value is -1.07. The summed E-state index contributed by atoms with van der Waals surface area (Å²) in [6, 6.07) is 3.41. The van der Waals surface area contributed by atoms with Gasteiger partial charge in [0.2, 0.25) is 10.0 Å². The number of hydrogen-bond donors (Lipinski definition) is 1. The molecular formula is C14H23NO3S. The third-order valence-electron chi connectivity index (χ3n) is 3.00. The first kappa shape index (κ1) is 16.0. The minimum Gasteiger partial charge on any atom is -0.496 e. The molecule has 0 spiro atoms. The van der Waals surface area contributed by atoms with Gasteiger partial charge in [-0.2, -0.15) is 0 Å². The maximum absolute atomic E-state index is 12.2. The molecule has 0 saturated heterocycles. The SMILES string of the molecule is COc1cc(C)c(S(=O)(=O)NCCC(C)C)cc1C. The zero-order valence-electron chi connectivity index (χ0n) is 12.3. The molecule has 5 heteroatoms. The van der Waals surface area contributed by atoms with Crippen LogP contribution in [0.1, 0.15) is 31.4 Å². The van der Waals surface area contributed by atoms with E-state index in [4.69, 9.17) is 4.74 Å². The average molecular weight is 285 g/mol. The summed E-state index contributed by atoms with van der Waals surface area (Å²) in [4.78, 5) is 0.328. The smallest absolute Gasteiger partial charge is 0.240 e. The van der Waals surface area contributed by atoms with Crippen LogP contribution in [0.15, 0.2) is 17.0 Å². The van der Waals surface area contributed by atoms with Crippen molar-refractivity contribution in [3.05, 3.63) is 23.3 Å². The first-order valence-electron chi connectivity index (χ1n) is 6.43. The van der Waals surface area contributed by atoms with E-state index in [2.05, 4.69) is 18.6 Å². The molecule has 1 aromatic carbocycles. The molecule has 0 aliphatic rings. The van der Waals surface area contributed by atoms with Crippen molar-refractivity contribution >= 4 is 10.0 Å². The van der Waals surface area contributed by atoms with Crippen LogP contribution in [-0.4, -0.2) is 22.1 Å². The fourth-order valence-corrected chi connectivity index (χ4v) is 3.19. The topological polar surface area (TPSA) is 55.4 Å². The molecule has 0 amide bonds. The Balaban J connectivity index is 2.98. The number of methoxy groups -OCH3 is 1. The number of sulfonamides is 1. The molecule has 1 aromatic rings. The second-order valence-electron chi connectivity index (χ2n) is 5.17. The van der Waals surface area contributed by atoms with Crippen LogP contribution in [0.3, 0.4) is 0 Å². The predicted octanol–water partition coefficient (Wildman–Crippen LogP) is 2.64. The molecule has 0 heterocycles. The van der Waals surface area contributed by atoms with E-state index < -0.39 is 10.0 Å². The van der Waals surface area contributed by atoms with Crippen molar-refractivity contribution in [2.75, 3.05) is 13.7 Å². The van der Waals surface area contributed by atoms with E-state index in [0.29, 0.717) is 28.7 Å². The van der Waals surface area contributed by atoms with Gasteiger partial charge in [0.1, 0.15) is 5.75 Å². The minimum atomic E-state index is -3.44. The van der Waals surface area contributed by atoms with Gasteiger partial charge in [0.15, 0.2) is 0 Å². The number of benzene rings is 1. The highest BCUT2D eigenvalue weighted by molar-refractivity contribution is 7.89. The quantitative estimate of drug-likeness (QED) is 0.874. The molecule has 0 bridgehead atoms. The Labute approximate surface area is 116 Å². The molecule has 0 aliphatic carbocycles. The predicted molar refractivity (Wildman–Crippen MR) is 77.1 cm³/mol. The Morgan fingerprint density at radius 3 is 2.37 bits per heavy atom. The summed E-state index contributed by atoms with van der Waals surface area (Å²) in [5, 5.41) is 0. The zero-order valence-corrected chi connectivity index (χ0v) is 13.1. The van der Waals surface area contributed by atoms with Crippen molar-refractivity contribution in [2.24, 2.45) is 5.92 Å². The third-order valence-corrected chi connectivity index (χ3v) is 4.60. The second kappa shape index (κ2) is 6.39. The van der Waals surface area contributed by atoms with Gasteiger partial charge in [-0.25, -0.2) is 13.1 Å². The molecule has 0 fully saturated rings. The van der Waals surface area contributed by atoms with Crippen molar-refractivity contribution in [1.29, 1.82) is 0 Å². The van der Waals surface area contributed by atoms with E-state index in [9.17, 15) is 8.42 Å².